The van der Waals surface area contributed by atoms with Crippen LogP contribution >= 0.6 is 0 Å². The summed E-state index contributed by atoms with van der Waals surface area (Å²) in [6.45, 7) is 11.8. The van der Waals surface area contributed by atoms with E-state index in [0.29, 0.717) is 49.1 Å². The summed E-state index contributed by atoms with van der Waals surface area (Å²) in [4.78, 5) is 8.66. The molecule has 1 atom stereocenters. The minimum Gasteiger partial charge on any atom is -0.463 e. The van der Waals surface area contributed by atoms with Gasteiger partial charge in [-0.25, -0.2) is 14.4 Å². The Morgan fingerprint density at radius 3 is 2.45 bits per heavy atom. The smallest absolute Gasteiger partial charge is 0.316 e. The van der Waals surface area contributed by atoms with E-state index >= 15 is 0 Å². The van der Waals surface area contributed by atoms with Crippen LogP contribution in [0.4, 0.5) is 4.39 Å². The van der Waals surface area contributed by atoms with Crippen LogP contribution in [0.3, 0.4) is 0 Å². The number of nitrogens with one attached hydrogen (secondary N) is 1. The number of piperidine rings is 1. The van der Waals surface area contributed by atoms with Crippen molar-refractivity contribution in [1.29, 1.82) is 0 Å². The van der Waals surface area contributed by atoms with Gasteiger partial charge >= 0.3 is 6.01 Å². The zero-order valence-corrected chi connectivity index (χ0v) is 20.4. The van der Waals surface area contributed by atoms with E-state index in [9.17, 15) is 4.39 Å². The quantitative estimate of drug-likeness (QED) is 0.578. The van der Waals surface area contributed by atoms with Crippen molar-refractivity contribution in [3.8, 4) is 6.01 Å². The number of halogens is 1. The second-order valence-electron chi connectivity index (χ2n) is 9.59. The molecule has 1 aromatic heterocycles. The average molecular weight is 446 g/mol. The highest BCUT2D eigenvalue weighted by atomic mass is 28.3. The standard InChI is InChI=1S/C24H36FN3O2Si/c1-24(2,3)31(4)30-17-21-7-5-6-20(22(21)25)9-8-19-14-27-23(28-15-19)29-16-18-10-12-26-13-11-18/h5-7,14-15,18,26,31H,8-13,16-17H2,1-4H3. The van der Waals surface area contributed by atoms with Gasteiger partial charge in [-0.1, -0.05) is 39.0 Å². The Morgan fingerprint density at radius 2 is 1.77 bits per heavy atom. The van der Waals surface area contributed by atoms with Gasteiger partial charge in [0, 0.05) is 18.0 Å². The Labute approximate surface area is 187 Å². The molecule has 1 aliphatic heterocycles. The lowest BCUT2D eigenvalue weighted by atomic mass is 9.99. The number of ether oxygens (including phenoxy) is 1. The molecule has 5 nitrogen and oxygen atoms in total. The Kier molecular flexibility index (Phi) is 8.57. The number of rotatable bonds is 9. The molecular formula is C24H36FN3O2Si. The fourth-order valence-electron chi connectivity index (χ4n) is 3.47. The highest BCUT2D eigenvalue weighted by Crippen LogP contribution is 2.28. The van der Waals surface area contributed by atoms with Crippen LogP contribution in [0.15, 0.2) is 30.6 Å². The lowest BCUT2D eigenvalue weighted by molar-refractivity contribution is 0.202. The first-order valence-electron chi connectivity index (χ1n) is 11.3. The fourth-order valence-corrected chi connectivity index (χ4v) is 4.40. The van der Waals surface area contributed by atoms with Crippen LogP contribution in [0.2, 0.25) is 11.6 Å². The van der Waals surface area contributed by atoms with Crippen molar-refractivity contribution >= 4 is 9.04 Å². The third-order valence-electron chi connectivity index (χ3n) is 6.14. The Hall–Kier alpha value is -1.83. The number of benzene rings is 1. The topological polar surface area (TPSA) is 56.3 Å². The summed E-state index contributed by atoms with van der Waals surface area (Å²) in [5.41, 5.74) is 2.32. The summed E-state index contributed by atoms with van der Waals surface area (Å²) in [7, 11) is -1.38. The van der Waals surface area contributed by atoms with Gasteiger partial charge in [-0.3, -0.25) is 0 Å². The van der Waals surface area contributed by atoms with Crippen LogP contribution in [-0.4, -0.2) is 38.7 Å². The maximum atomic E-state index is 14.9. The van der Waals surface area contributed by atoms with Gasteiger partial charge in [0.15, 0.2) is 9.04 Å². The lowest BCUT2D eigenvalue weighted by Crippen LogP contribution is -2.30. The number of nitrogens with zero attached hydrogens (tertiary/aromatic N) is 2. The predicted octanol–water partition coefficient (Wildman–Crippen LogP) is 4.45. The van der Waals surface area contributed by atoms with E-state index in [1.54, 1.807) is 12.4 Å². The van der Waals surface area contributed by atoms with E-state index in [0.717, 1.165) is 31.5 Å². The molecule has 0 bridgehead atoms. The highest BCUT2D eigenvalue weighted by molar-refractivity contribution is 6.53. The third-order valence-corrected chi connectivity index (χ3v) is 9.24. The molecule has 0 saturated carbocycles. The van der Waals surface area contributed by atoms with Crippen LogP contribution in [-0.2, 0) is 23.9 Å². The second-order valence-corrected chi connectivity index (χ2v) is 12.9. The maximum Gasteiger partial charge on any atom is 0.316 e. The number of hydrogen-bond acceptors (Lipinski definition) is 5. The van der Waals surface area contributed by atoms with Crippen molar-refractivity contribution < 1.29 is 13.6 Å². The number of hydrogen-bond donors (Lipinski definition) is 1. The lowest BCUT2D eigenvalue weighted by Gasteiger charge is -2.25. The van der Waals surface area contributed by atoms with E-state index in [1.807, 2.05) is 18.2 Å². The zero-order valence-electron chi connectivity index (χ0n) is 19.3. The summed E-state index contributed by atoms with van der Waals surface area (Å²) in [5, 5.41) is 3.52. The molecule has 1 fully saturated rings. The normalized spacial score (nSPS) is 16.3. The van der Waals surface area contributed by atoms with Crippen LogP contribution in [0.1, 0.15) is 50.3 Å². The first-order valence-corrected chi connectivity index (χ1v) is 13.6. The Morgan fingerprint density at radius 1 is 1.10 bits per heavy atom. The van der Waals surface area contributed by atoms with Gasteiger partial charge in [-0.2, -0.15) is 0 Å². The van der Waals surface area contributed by atoms with Gasteiger partial charge in [0.2, 0.25) is 0 Å². The molecule has 0 aliphatic carbocycles. The van der Waals surface area contributed by atoms with Gasteiger partial charge in [0.25, 0.3) is 0 Å². The number of aryl methyl sites for hydroxylation is 2. The summed E-state index contributed by atoms with van der Waals surface area (Å²) < 4.78 is 26.7. The second kappa shape index (κ2) is 11.2. The van der Waals surface area contributed by atoms with E-state index < -0.39 is 9.04 Å². The van der Waals surface area contributed by atoms with E-state index in [-0.39, 0.29) is 10.9 Å². The first-order chi connectivity index (χ1) is 14.8. The average Bonchev–Trinajstić information content (AvgIpc) is 2.76. The van der Waals surface area contributed by atoms with Gasteiger partial charge in [-0.15, -0.1) is 0 Å². The Balaban J connectivity index is 1.50. The molecule has 1 aliphatic rings. The van der Waals surface area contributed by atoms with Crippen LogP contribution < -0.4 is 10.1 Å². The minimum atomic E-state index is -1.38. The minimum absolute atomic E-state index is 0.152. The van der Waals surface area contributed by atoms with Crippen molar-refractivity contribution in [2.45, 2.75) is 64.6 Å². The first kappa shape index (κ1) is 23.8. The molecule has 0 spiro atoms. The summed E-state index contributed by atoms with van der Waals surface area (Å²) >= 11 is 0. The Bertz CT molecular complexity index is 821. The SMILES string of the molecule is C[SiH](OCc1cccc(CCc2cnc(OCC3CCNCC3)nc2)c1F)C(C)(C)C. The zero-order chi connectivity index (χ0) is 22.3. The van der Waals surface area contributed by atoms with Crippen LogP contribution in [0.25, 0.3) is 0 Å². The molecule has 0 amide bonds. The maximum absolute atomic E-state index is 14.9. The van der Waals surface area contributed by atoms with E-state index in [2.05, 4.69) is 42.6 Å². The van der Waals surface area contributed by atoms with Gasteiger partial charge < -0.3 is 14.5 Å². The largest absolute Gasteiger partial charge is 0.463 e. The molecule has 3 rings (SSSR count). The molecule has 31 heavy (non-hydrogen) atoms. The highest BCUT2D eigenvalue weighted by Gasteiger charge is 2.23. The molecular weight excluding hydrogens is 409 g/mol. The number of aromatic nitrogens is 2. The van der Waals surface area contributed by atoms with Gasteiger partial charge in [0.1, 0.15) is 5.82 Å². The molecule has 1 unspecified atom stereocenters. The molecule has 0 radical (unpaired) electrons. The molecule has 1 N–H and O–H groups in total. The van der Waals surface area contributed by atoms with Gasteiger partial charge in [0.05, 0.1) is 13.2 Å². The fraction of sp³-hybridized carbons (Fsp3) is 0.583. The van der Waals surface area contributed by atoms with Gasteiger partial charge in [-0.05, 0) is 67.4 Å². The van der Waals surface area contributed by atoms with Crippen molar-refractivity contribution in [3.63, 3.8) is 0 Å². The van der Waals surface area contributed by atoms with Crippen LogP contribution in [0.5, 0.6) is 6.01 Å². The van der Waals surface area contributed by atoms with Crippen molar-refractivity contribution in [2.24, 2.45) is 5.92 Å². The van der Waals surface area contributed by atoms with Crippen molar-refractivity contribution in [1.82, 2.24) is 15.3 Å². The molecule has 1 aromatic carbocycles. The molecule has 7 heteroatoms. The summed E-state index contributed by atoms with van der Waals surface area (Å²) in [6.07, 6.45) is 7.11. The van der Waals surface area contributed by atoms with Crippen molar-refractivity contribution in [2.75, 3.05) is 19.7 Å². The van der Waals surface area contributed by atoms with E-state index in [4.69, 9.17) is 9.16 Å². The molecule has 2 aromatic rings. The molecule has 1 saturated heterocycles. The predicted molar refractivity (Wildman–Crippen MR) is 124 cm³/mol. The molecule has 2 heterocycles. The van der Waals surface area contributed by atoms with Crippen molar-refractivity contribution in [3.05, 3.63) is 53.1 Å². The van der Waals surface area contributed by atoms with E-state index in [1.165, 1.54) is 0 Å². The third kappa shape index (κ3) is 7.37. The summed E-state index contributed by atoms with van der Waals surface area (Å²) in [5.74, 6) is 0.415. The monoisotopic (exact) mass is 445 g/mol. The summed E-state index contributed by atoms with van der Waals surface area (Å²) in [6, 6.07) is 6.00. The van der Waals surface area contributed by atoms with Crippen LogP contribution in [0, 0.1) is 11.7 Å². The molecule has 170 valence electrons.